The number of amides is 2. The van der Waals surface area contributed by atoms with Gasteiger partial charge >= 0.3 is 0 Å². The Bertz CT molecular complexity index is 897. The lowest BCUT2D eigenvalue weighted by molar-refractivity contribution is -0.127. The topological polar surface area (TPSA) is 82.3 Å². The Morgan fingerprint density at radius 2 is 1.93 bits per heavy atom. The number of piperidine rings is 1. The Kier molecular flexibility index (Phi) is 5.99. The van der Waals surface area contributed by atoms with Crippen LogP contribution in [0.2, 0.25) is 0 Å². The van der Waals surface area contributed by atoms with E-state index in [0.717, 1.165) is 31.4 Å². The molecule has 0 radical (unpaired) electrons. The summed E-state index contributed by atoms with van der Waals surface area (Å²) in [6.45, 7) is 2.70. The molecule has 0 aromatic heterocycles. The van der Waals surface area contributed by atoms with Gasteiger partial charge in [0.25, 0.3) is 0 Å². The predicted octanol–water partition coefficient (Wildman–Crippen LogP) is 2.74. The van der Waals surface area contributed by atoms with Gasteiger partial charge in [-0.1, -0.05) is 30.7 Å². The van der Waals surface area contributed by atoms with Crippen LogP contribution >= 0.6 is 0 Å². The van der Waals surface area contributed by atoms with Gasteiger partial charge in [0.1, 0.15) is 17.9 Å². The monoisotopic (exact) mass is 410 g/mol. The Balaban J connectivity index is 1.49. The van der Waals surface area contributed by atoms with Gasteiger partial charge in [0.05, 0.1) is 0 Å². The third kappa shape index (κ3) is 4.31. The predicted molar refractivity (Wildman–Crippen MR) is 115 cm³/mol. The average molecular weight is 410 g/mol. The van der Waals surface area contributed by atoms with Crippen LogP contribution in [0.1, 0.15) is 30.4 Å². The molecule has 4 rings (SSSR count). The summed E-state index contributed by atoms with van der Waals surface area (Å²) in [4.78, 5) is 26.1. The number of carbonyl (C=O) groups excluding carboxylic acids is 2. The van der Waals surface area contributed by atoms with Crippen LogP contribution in [-0.4, -0.2) is 36.5 Å². The van der Waals surface area contributed by atoms with Gasteiger partial charge in [0.15, 0.2) is 0 Å². The summed E-state index contributed by atoms with van der Waals surface area (Å²) in [6.07, 6.45) is 3.12. The van der Waals surface area contributed by atoms with Crippen LogP contribution in [0.3, 0.4) is 0 Å². The van der Waals surface area contributed by atoms with Crippen molar-refractivity contribution in [2.75, 3.05) is 17.2 Å². The molecule has 2 aliphatic rings. The van der Waals surface area contributed by atoms with Crippen molar-refractivity contribution in [3.05, 3.63) is 59.4 Å². The molecule has 2 aromatic carbocycles. The summed E-state index contributed by atoms with van der Waals surface area (Å²) in [5.41, 5.74) is 2.78. The molecule has 2 heterocycles. The highest BCUT2D eigenvalue weighted by molar-refractivity contribution is 5.99. The number of nitrogens with one attached hydrogen (secondary N) is 4. The van der Waals surface area contributed by atoms with Gasteiger partial charge < -0.3 is 21.3 Å². The molecule has 2 amide bonds. The standard InChI is InChI=1S/C23H27FN4O2/c1-14-10-11-17(24)16-13-19(27-20(14)16)22(29)28-21(18-9-5-6-12-25-18)23(30)26-15-7-3-2-4-8-15/h2-4,7-8,10-11,18-19,21,25,27H,5-6,9,12-13H2,1H3,(H,26,30)(H,28,29). The molecular weight excluding hydrogens is 383 g/mol. The van der Waals surface area contributed by atoms with E-state index >= 15 is 0 Å². The molecule has 0 bridgehead atoms. The van der Waals surface area contributed by atoms with Crippen LogP contribution in [-0.2, 0) is 16.0 Å². The first-order valence-corrected chi connectivity index (χ1v) is 10.5. The fraction of sp³-hybridized carbons (Fsp3) is 0.391. The fourth-order valence-corrected chi connectivity index (χ4v) is 4.24. The molecular formula is C23H27FN4O2. The van der Waals surface area contributed by atoms with E-state index in [0.29, 0.717) is 16.9 Å². The molecule has 3 unspecified atom stereocenters. The molecule has 0 saturated carbocycles. The fourth-order valence-electron chi connectivity index (χ4n) is 4.24. The largest absolute Gasteiger partial charge is 0.373 e. The number of fused-ring (bicyclic) bond motifs is 1. The number of hydrogen-bond acceptors (Lipinski definition) is 4. The molecule has 30 heavy (non-hydrogen) atoms. The van der Waals surface area contributed by atoms with Crippen molar-refractivity contribution in [3.63, 3.8) is 0 Å². The van der Waals surface area contributed by atoms with Crippen LogP contribution in [0, 0.1) is 12.7 Å². The summed E-state index contributed by atoms with van der Waals surface area (Å²) < 4.78 is 14.2. The Hall–Kier alpha value is -2.93. The SMILES string of the molecule is Cc1ccc(F)c2c1NC(C(=O)NC(C(=O)Nc1ccccc1)C1CCCCN1)C2. The van der Waals surface area contributed by atoms with E-state index in [1.165, 1.54) is 6.07 Å². The summed E-state index contributed by atoms with van der Waals surface area (Å²) in [5, 5.41) is 12.3. The molecule has 1 fully saturated rings. The van der Waals surface area contributed by atoms with E-state index in [2.05, 4.69) is 21.3 Å². The number of carbonyl (C=O) groups is 2. The van der Waals surface area contributed by atoms with Crippen molar-refractivity contribution < 1.29 is 14.0 Å². The molecule has 6 nitrogen and oxygen atoms in total. The normalized spacial score (nSPS) is 21.3. The van der Waals surface area contributed by atoms with Crippen LogP contribution in [0.15, 0.2) is 42.5 Å². The molecule has 0 aliphatic carbocycles. The van der Waals surface area contributed by atoms with Crippen molar-refractivity contribution in [2.24, 2.45) is 0 Å². The van der Waals surface area contributed by atoms with E-state index in [1.807, 2.05) is 37.3 Å². The first-order chi connectivity index (χ1) is 14.5. The lowest BCUT2D eigenvalue weighted by Gasteiger charge is -2.31. The van der Waals surface area contributed by atoms with E-state index < -0.39 is 12.1 Å². The lowest BCUT2D eigenvalue weighted by atomic mass is 9.96. The smallest absolute Gasteiger partial charge is 0.248 e. The van der Waals surface area contributed by atoms with Crippen molar-refractivity contribution in [2.45, 2.75) is 50.7 Å². The van der Waals surface area contributed by atoms with E-state index in [9.17, 15) is 14.0 Å². The van der Waals surface area contributed by atoms with E-state index in [1.54, 1.807) is 6.07 Å². The molecule has 2 aromatic rings. The minimum Gasteiger partial charge on any atom is -0.373 e. The number of anilines is 2. The Labute approximate surface area is 175 Å². The second kappa shape index (κ2) is 8.83. The van der Waals surface area contributed by atoms with Gasteiger partial charge in [0.2, 0.25) is 11.8 Å². The number of benzene rings is 2. The summed E-state index contributed by atoms with van der Waals surface area (Å²) in [5.74, 6) is -0.872. The summed E-state index contributed by atoms with van der Waals surface area (Å²) in [7, 11) is 0. The number of hydrogen-bond donors (Lipinski definition) is 4. The van der Waals surface area contributed by atoms with Crippen LogP contribution in [0.25, 0.3) is 0 Å². The third-order valence-corrected chi connectivity index (χ3v) is 5.88. The molecule has 0 spiro atoms. The maximum absolute atomic E-state index is 14.2. The average Bonchev–Trinajstić information content (AvgIpc) is 3.23. The number of para-hydroxylation sites is 1. The zero-order valence-corrected chi connectivity index (χ0v) is 17.0. The zero-order valence-electron chi connectivity index (χ0n) is 17.0. The highest BCUT2D eigenvalue weighted by atomic mass is 19.1. The third-order valence-electron chi connectivity index (χ3n) is 5.88. The van der Waals surface area contributed by atoms with Gasteiger partial charge in [-0.05, 0) is 50.1 Å². The zero-order chi connectivity index (χ0) is 21.1. The first-order valence-electron chi connectivity index (χ1n) is 10.5. The van der Waals surface area contributed by atoms with Crippen molar-refractivity contribution in [1.82, 2.24) is 10.6 Å². The van der Waals surface area contributed by atoms with Gasteiger partial charge in [-0.15, -0.1) is 0 Å². The minimum absolute atomic E-state index is 0.145. The summed E-state index contributed by atoms with van der Waals surface area (Å²) >= 11 is 0. The number of rotatable bonds is 5. The van der Waals surface area contributed by atoms with E-state index in [4.69, 9.17) is 0 Å². The van der Waals surface area contributed by atoms with Crippen LogP contribution in [0.4, 0.5) is 15.8 Å². The van der Waals surface area contributed by atoms with Crippen molar-refractivity contribution in [3.8, 4) is 0 Å². The quantitative estimate of drug-likeness (QED) is 0.611. The van der Waals surface area contributed by atoms with Crippen molar-refractivity contribution in [1.29, 1.82) is 0 Å². The highest BCUT2D eigenvalue weighted by Crippen LogP contribution is 2.31. The van der Waals surface area contributed by atoms with Crippen LogP contribution in [0.5, 0.6) is 0 Å². The molecule has 7 heteroatoms. The van der Waals surface area contributed by atoms with Gasteiger partial charge in [0, 0.05) is 29.4 Å². The molecule has 3 atom stereocenters. The van der Waals surface area contributed by atoms with Gasteiger partial charge in [-0.3, -0.25) is 9.59 Å². The molecule has 2 aliphatic heterocycles. The second-order valence-corrected chi connectivity index (χ2v) is 8.02. The van der Waals surface area contributed by atoms with Gasteiger partial charge in [-0.25, -0.2) is 4.39 Å². The van der Waals surface area contributed by atoms with Crippen LogP contribution < -0.4 is 21.3 Å². The molecule has 4 N–H and O–H groups in total. The minimum atomic E-state index is -0.713. The first kappa shape index (κ1) is 20.3. The maximum atomic E-state index is 14.2. The lowest BCUT2D eigenvalue weighted by Crippen LogP contribution is -2.59. The Morgan fingerprint density at radius 3 is 2.63 bits per heavy atom. The number of aryl methyl sites for hydroxylation is 1. The molecule has 158 valence electrons. The van der Waals surface area contributed by atoms with Gasteiger partial charge in [-0.2, -0.15) is 0 Å². The maximum Gasteiger partial charge on any atom is 0.248 e. The second-order valence-electron chi connectivity index (χ2n) is 8.02. The summed E-state index contributed by atoms with van der Waals surface area (Å²) in [6, 6.07) is 10.9. The number of halogens is 1. The van der Waals surface area contributed by atoms with Crippen molar-refractivity contribution >= 4 is 23.2 Å². The highest BCUT2D eigenvalue weighted by Gasteiger charge is 2.35. The van der Waals surface area contributed by atoms with E-state index in [-0.39, 0.29) is 30.1 Å². The Morgan fingerprint density at radius 1 is 1.13 bits per heavy atom. The molecule has 1 saturated heterocycles.